The Morgan fingerprint density at radius 1 is 0.875 bits per heavy atom. The minimum atomic E-state index is 0.653. The van der Waals surface area contributed by atoms with Crippen molar-refractivity contribution in [3.63, 3.8) is 0 Å². The Morgan fingerprint density at radius 3 is 2.44 bits per heavy atom. The molecule has 8 heteroatoms. The number of fused-ring (bicyclic) bond motifs is 1. The number of hydrogen-bond donors (Lipinski definition) is 0. The fourth-order valence-corrected chi connectivity index (χ4v) is 5.35. The summed E-state index contributed by atoms with van der Waals surface area (Å²) in [4.78, 5) is 4.75. The summed E-state index contributed by atoms with van der Waals surface area (Å²) in [6, 6.07) is 24.1. The van der Waals surface area contributed by atoms with Gasteiger partial charge in [0, 0.05) is 11.6 Å². The molecular formula is C24H20N4O2S2. The number of rotatable bonds is 7. The van der Waals surface area contributed by atoms with Crippen molar-refractivity contribution in [2.24, 2.45) is 0 Å². The molecule has 5 rings (SSSR count). The van der Waals surface area contributed by atoms with Crippen LogP contribution in [0.2, 0.25) is 0 Å². The smallest absolute Gasteiger partial charge is 0.196 e. The van der Waals surface area contributed by atoms with Crippen LogP contribution >= 0.6 is 23.1 Å². The molecular weight excluding hydrogens is 440 g/mol. The maximum atomic E-state index is 5.53. The van der Waals surface area contributed by atoms with Crippen molar-refractivity contribution in [3.05, 3.63) is 77.8 Å². The Kier molecular flexibility index (Phi) is 5.79. The van der Waals surface area contributed by atoms with E-state index in [0.717, 1.165) is 32.8 Å². The van der Waals surface area contributed by atoms with Crippen molar-refractivity contribution < 1.29 is 9.47 Å². The van der Waals surface area contributed by atoms with E-state index in [-0.39, 0.29) is 0 Å². The standard InChI is InChI=1S/C24H20N4O2S2/c1-29-19-13-12-17(14-20(19)30-2)28-23(16-8-4-3-5-9-16)26-27-24(28)31-15-22-25-18-10-6-7-11-21(18)32-22/h3-14H,15H2,1-2H3. The summed E-state index contributed by atoms with van der Waals surface area (Å²) in [5.74, 6) is 2.80. The van der Waals surface area contributed by atoms with Gasteiger partial charge in [0.25, 0.3) is 0 Å². The molecule has 2 aromatic heterocycles. The topological polar surface area (TPSA) is 62.1 Å². The van der Waals surface area contributed by atoms with Crippen LogP contribution in [0.4, 0.5) is 0 Å². The highest BCUT2D eigenvalue weighted by molar-refractivity contribution is 7.98. The van der Waals surface area contributed by atoms with E-state index in [1.54, 1.807) is 37.3 Å². The lowest BCUT2D eigenvalue weighted by molar-refractivity contribution is 0.355. The van der Waals surface area contributed by atoms with Gasteiger partial charge in [0.2, 0.25) is 0 Å². The molecule has 0 spiro atoms. The molecule has 3 aromatic carbocycles. The number of thioether (sulfide) groups is 1. The van der Waals surface area contributed by atoms with Crippen molar-refractivity contribution in [1.82, 2.24) is 19.7 Å². The molecule has 0 atom stereocenters. The van der Waals surface area contributed by atoms with Gasteiger partial charge in [-0.15, -0.1) is 21.5 Å². The second-order valence-electron chi connectivity index (χ2n) is 6.91. The Morgan fingerprint density at radius 2 is 1.66 bits per heavy atom. The average molecular weight is 461 g/mol. The summed E-state index contributed by atoms with van der Waals surface area (Å²) in [6.45, 7) is 0. The molecule has 0 amide bonds. The van der Waals surface area contributed by atoms with Crippen LogP contribution in [0.25, 0.3) is 27.3 Å². The molecule has 0 bridgehead atoms. The van der Waals surface area contributed by atoms with Gasteiger partial charge in [-0.05, 0) is 24.3 Å². The molecule has 0 radical (unpaired) electrons. The first-order valence-electron chi connectivity index (χ1n) is 9.97. The molecule has 0 saturated heterocycles. The third kappa shape index (κ3) is 3.94. The number of aromatic nitrogens is 4. The van der Waals surface area contributed by atoms with Gasteiger partial charge in [0.1, 0.15) is 5.01 Å². The van der Waals surface area contributed by atoms with Crippen molar-refractivity contribution in [3.8, 4) is 28.6 Å². The van der Waals surface area contributed by atoms with Crippen molar-refractivity contribution in [1.29, 1.82) is 0 Å². The molecule has 0 N–H and O–H groups in total. The molecule has 2 heterocycles. The normalized spacial score (nSPS) is 11.1. The van der Waals surface area contributed by atoms with E-state index in [2.05, 4.69) is 20.8 Å². The highest BCUT2D eigenvalue weighted by Gasteiger charge is 2.18. The summed E-state index contributed by atoms with van der Waals surface area (Å²) in [7, 11) is 3.26. The fourth-order valence-electron chi connectivity index (χ4n) is 3.44. The van der Waals surface area contributed by atoms with E-state index < -0.39 is 0 Å². The molecule has 0 aliphatic heterocycles. The molecule has 6 nitrogen and oxygen atoms in total. The van der Waals surface area contributed by atoms with E-state index in [9.17, 15) is 0 Å². The molecule has 0 fully saturated rings. The van der Waals surface area contributed by atoms with Gasteiger partial charge in [0.15, 0.2) is 22.5 Å². The highest BCUT2D eigenvalue weighted by atomic mass is 32.2. The number of ether oxygens (including phenoxy) is 2. The van der Waals surface area contributed by atoms with Crippen LogP contribution in [0.1, 0.15) is 5.01 Å². The molecule has 0 saturated carbocycles. The van der Waals surface area contributed by atoms with E-state index >= 15 is 0 Å². The number of para-hydroxylation sites is 1. The number of thiazole rings is 1. The number of nitrogens with zero attached hydrogens (tertiary/aromatic N) is 4. The van der Waals surface area contributed by atoms with Crippen LogP contribution < -0.4 is 9.47 Å². The van der Waals surface area contributed by atoms with Crippen LogP contribution in [0.5, 0.6) is 11.5 Å². The summed E-state index contributed by atoms with van der Waals surface area (Å²) in [5, 5.41) is 10.9. The van der Waals surface area contributed by atoms with Crippen molar-refractivity contribution in [2.75, 3.05) is 14.2 Å². The van der Waals surface area contributed by atoms with Crippen LogP contribution in [0, 0.1) is 0 Å². The lowest BCUT2D eigenvalue weighted by Gasteiger charge is -2.13. The molecule has 5 aromatic rings. The van der Waals surface area contributed by atoms with Gasteiger partial charge in [-0.3, -0.25) is 4.57 Å². The summed E-state index contributed by atoms with van der Waals surface area (Å²) < 4.78 is 14.2. The van der Waals surface area contributed by atoms with E-state index in [0.29, 0.717) is 17.3 Å². The zero-order valence-electron chi connectivity index (χ0n) is 17.6. The predicted molar refractivity (Wildman–Crippen MR) is 129 cm³/mol. The van der Waals surface area contributed by atoms with Crippen molar-refractivity contribution in [2.45, 2.75) is 10.9 Å². The van der Waals surface area contributed by atoms with Crippen LogP contribution in [-0.2, 0) is 5.75 Å². The van der Waals surface area contributed by atoms with Gasteiger partial charge >= 0.3 is 0 Å². The molecule has 160 valence electrons. The average Bonchev–Trinajstić information content (AvgIpc) is 3.46. The zero-order chi connectivity index (χ0) is 21.9. The molecule has 0 aliphatic carbocycles. The second-order valence-corrected chi connectivity index (χ2v) is 8.97. The minimum Gasteiger partial charge on any atom is -0.493 e. The van der Waals surface area contributed by atoms with Crippen molar-refractivity contribution >= 4 is 33.3 Å². The Balaban J connectivity index is 1.54. The van der Waals surface area contributed by atoms with E-state index in [1.165, 1.54) is 4.70 Å². The monoisotopic (exact) mass is 460 g/mol. The quantitative estimate of drug-likeness (QED) is 0.284. The third-order valence-electron chi connectivity index (χ3n) is 4.95. The largest absolute Gasteiger partial charge is 0.493 e. The first-order valence-corrected chi connectivity index (χ1v) is 11.8. The SMILES string of the molecule is COc1ccc(-n2c(SCc3nc4ccccc4s3)nnc2-c2ccccc2)cc1OC. The lowest BCUT2D eigenvalue weighted by Crippen LogP contribution is -2.01. The van der Waals surface area contributed by atoms with Gasteiger partial charge in [-0.1, -0.05) is 54.2 Å². The van der Waals surface area contributed by atoms with Crippen LogP contribution in [0.15, 0.2) is 78.0 Å². The minimum absolute atomic E-state index is 0.653. The maximum absolute atomic E-state index is 5.53. The zero-order valence-corrected chi connectivity index (χ0v) is 19.2. The Hall–Kier alpha value is -3.36. The maximum Gasteiger partial charge on any atom is 0.196 e. The molecule has 0 unspecified atom stereocenters. The van der Waals surface area contributed by atoms with E-state index in [4.69, 9.17) is 14.5 Å². The number of hydrogen-bond acceptors (Lipinski definition) is 7. The fraction of sp³-hybridized carbons (Fsp3) is 0.125. The Bertz CT molecular complexity index is 1330. The Labute approximate surface area is 193 Å². The lowest BCUT2D eigenvalue weighted by atomic mass is 10.2. The summed E-state index contributed by atoms with van der Waals surface area (Å²) >= 11 is 3.32. The first kappa shape index (κ1) is 20.5. The van der Waals surface area contributed by atoms with Gasteiger partial charge < -0.3 is 9.47 Å². The van der Waals surface area contributed by atoms with Crippen LogP contribution in [0.3, 0.4) is 0 Å². The van der Waals surface area contributed by atoms with Gasteiger partial charge in [-0.2, -0.15) is 0 Å². The third-order valence-corrected chi connectivity index (χ3v) is 7.11. The second kappa shape index (κ2) is 9.02. The number of benzene rings is 3. The summed E-state index contributed by atoms with van der Waals surface area (Å²) in [5.41, 5.74) is 2.92. The first-order chi connectivity index (χ1) is 15.8. The van der Waals surface area contributed by atoms with Crippen LogP contribution in [-0.4, -0.2) is 34.0 Å². The number of methoxy groups -OCH3 is 2. The van der Waals surface area contributed by atoms with Gasteiger partial charge in [0.05, 0.1) is 35.9 Å². The molecule has 0 aliphatic rings. The predicted octanol–water partition coefficient (Wildman–Crippen LogP) is 5.85. The van der Waals surface area contributed by atoms with Gasteiger partial charge in [-0.25, -0.2) is 4.98 Å². The van der Waals surface area contributed by atoms with E-state index in [1.807, 2.05) is 66.7 Å². The highest BCUT2D eigenvalue weighted by Crippen LogP contribution is 2.35. The molecule has 32 heavy (non-hydrogen) atoms. The summed E-state index contributed by atoms with van der Waals surface area (Å²) in [6.07, 6.45) is 0.